The highest BCUT2D eigenvalue weighted by atomic mass is 16.1. The van der Waals surface area contributed by atoms with Gasteiger partial charge in [0.2, 0.25) is 0 Å². The van der Waals surface area contributed by atoms with E-state index in [0.717, 1.165) is 25.3 Å². The lowest BCUT2D eigenvalue weighted by molar-refractivity contribution is 0.100. The third-order valence-electron chi connectivity index (χ3n) is 3.42. The molecule has 18 heavy (non-hydrogen) atoms. The number of hydrogen-bond acceptors (Lipinski definition) is 4. The number of carbonyl (C=O) groups excluding carboxylic acids is 1. The highest BCUT2D eigenvalue weighted by Crippen LogP contribution is 2.18. The number of rotatable bonds is 5. The maximum atomic E-state index is 11.4. The first-order valence-corrected chi connectivity index (χ1v) is 6.40. The number of nitrogens with two attached hydrogens (primary N) is 1. The Morgan fingerprint density at radius 1 is 1.67 bits per heavy atom. The summed E-state index contributed by atoms with van der Waals surface area (Å²) in [4.78, 5) is 11.4. The van der Waals surface area contributed by atoms with Gasteiger partial charge in [-0.2, -0.15) is 5.10 Å². The number of anilines is 1. The summed E-state index contributed by atoms with van der Waals surface area (Å²) in [6.07, 6.45) is 3.53. The van der Waals surface area contributed by atoms with Crippen molar-refractivity contribution in [3.8, 4) is 0 Å². The van der Waals surface area contributed by atoms with Crippen LogP contribution in [0.25, 0.3) is 0 Å². The predicted molar refractivity (Wildman–Crippen MR) is 70.6 cm³/mol. The molecule has 1 amide bonds. The van der Waals surface area contributed by atoms with E-state index in [2.05, 4.69) is 15.7 Å². The van der Waals surface area contributed by atoms with Crippen molar-refractivity contribution in [2.24, 2.45) is 12.8 Å². The number of aryl methyl sites for hydroxylation is 2. The maximum Gasteiger partial charge on any atom is 0.254 e. The molecule has 0 spiro atoms. The normalized spacial score (nSPS) is 19.1. The molecule has 1 aromatic heterocycles. The summed E-state index contributed by atoms with van der Waals surface area (Å²) in [5, 5.41) is 10.9. The molecule has 1 aliphatic rings. The Labute approximate surface area is 107 Å². The lowest BCUT2D eigenvalue weighted by atomic mass is 10.1. The Hall–Kier alpha value is -1.56. The van der Waals surface area contributed by atoms with Crippen molar-refractivity contribution < 1.29 is 4.79 Å². The lowest BCUT2D eigenvalue weighted by Crippen LogP contribution is -2.25. The lowest BCUT2D eigenvalue weighted by Gasteiger charge is -2.12. The maximum absolute atomic E-state index is 11.4. The van der Waals surface area contributed by atoms with E-state index < -0.39 is 5.91 Å². The molecule has 0 aromatic carbocycles. The van der Waals surface area contributed by atoms with Crippen molar-refractivity contribution in [1.82, 2.24) is 15.1 Å². The number of primary amides is 1. The highest BCUT2D eigenvalue weighted by molar-refractivity contribution is 5.98. The van der Waals surface area contributed by atoms with Crippen molar-refractivity contribution in [2.75, 3.05) is 18.4 Å². The van der Waals surface area contributed by atoms with Crippen LogP contribution in [0.2, 0.25) is 0 Å². The fourth-order valence-electron chi connectivity index (χ4n) is 2.52. The van der Waals surface area contributed by atoms with Crippen LogP contribution in [-0.2, 0) is 7.05 Å². The standard InChI is InChI=1S/C12H21N5O/c1-8-10(11(13)18)12(17(2)16-8)15-7-5-9-4-3-6-14-9/h9,14-15H,3-7H2,1-2H3,(H2,13,18)/t9-/m1/s1. The Kier molecular flexibility index (Phi) is 3.86. The van der Waals surface area contributed by atoms with Gasteiger partial charge in [-0.3, -0.25) is 9.48 Å². The van der Waals surface area contributed by atoms with Gasteiger partial charge in [0.05, 0.1) is 5.69 Å². The summed E-state index contributed by atoms with van der Waals surface area (Å²) >= 11 is 0. The molecule has 6 heteroatoms. The second-order valence-electron chi connectivity index (χ2n) is 4.81. The molecule has 6 nitrogen and oxygen atoms in total. The summed E-state index contributed by atoms with van der Waals surface area (Å²) in [7, 11) is 1.82. The molecular formula is C12H21N5O. The summed E-state index contributed by atoms with van der Waals surface area (Å²) in [5.74, 6) is 0.292. The first kappa shape index (κ1) is 12.9. The first-order chi connectivity index (χ1) is 8.59. The molecule has 100 valence electrons. The van der Waals surface area contributed by atoms with Gasteiger partial charge in [-0.15, -0.1) is 0 Å². The molecule has 0 unspecified atom stereocenters. The van der Waals surface area contributed by atoms with Crippen molar-refractivity contribution in [2.45, 2.75) is 32.2 Å². The first-order valence-electron chi connectivity index (χ1n) is 6.40. The van der Waals surface area contributed by atoms with Gasteiger partial charge in [0.15, 0.2) is 0 Å². The second-order valence-corrected chi connectivity index (χ2v) is 4.81. The highest BCUT2D eigenvalue weighted by Gasteiger charge is 2.18. The SMILES string of the molecule is Cc1nn(C)c(NCC[C@H]2CCCN2)c1C(N)=O. The van der Waals surface area contributed by atoms with Gasteiger partial charge >= 0.3 is 0 Å². The molecular weight excluding hydrogens is 230 g/mol. The van der Waals surface area contributed by atoms with Gasteiger partial charge in [-0.25, -0.2) is 0 Å². The molecule has 1 aromatic rings. The van der Waals surface area contributed by atoms with Crippen molar-refractivity contribution >= 4 is 11.7 Å². The smallest absolute Gasteiger partial charge is 0.254 e. The zero-order valence-corrected chi connectivity index (χ0v) is 11.0. The number of amides is 1. The average molecular weight is 251 g/mol. The number of nitrogens with zero attached hydrogens (tertiary/aromatic N) is 2. The topological polar surface area (TPSA) is 85.0 Å². The average Bonchev–Trinajstić information content (AvgIpc) is 2.87. The molecule has 1 atom stereocenters. The van der Waals surface area contributed by atoms with E-state index in [9.17, 15) is 4.79 Å². The van der Waals surface area contributed by atoms with Crippen LogP contribution in [0.5, 0.6) is 0 Å². The van der Waals surface area contributed by atoms with Gasteiger partial charge in [0.25, 0.3) is 5.91 Å². The summed E-state index contributed by atoms with van der Waals surface area (Å²) in [6.45, 7) is 3.72. The minimum atomic E-state index is -0.429. The van der Waals surface area contributed by atoms with Crippen molar-refractivity contribution in [1.29, 1.82) is 0 Å². The zero-order valence-electron chi connectivity index (χ0n) is 11.0. The van der Waals surface area contributed by atoms with E-state index >= 15 is 0 Å². The summed E-state index contributed by atoms with van der Waals surface area (Å²) in [5.41, 5.74) is 6.55. The Bertz CT molecular complexity index is 434. The van der Waals surface area contributed by atoms with E-state index in [4.69, 9.17) is 5.73 Å². The molecule has 1 aliphatic heterocycles. The number of aromatic nitrogens is 2. The third-order valence-corrected chi connectivity index (χ3v) is 3.42. The van der Waals surface area contributed by atoms with Gasteiger partial charge in [0.1, 0.15) is 11.4 Å². The van der Waals surface area contributed by atoms with Crippen LogP contribution >= 0.6 is 0 Å². The van der Waals surface area contributed by atoms with Crippen LogP contribution in [-0.4, -0.2) is 34.8 Å². The summed E-state index contributed by atoms with van der Waals surface area (Å²) < 4.78 is 1.68. The monoisotopic (exact) mass is 251 g/mol. The van der Waals surface area contributed by atoms with Crippen LogP contribution in [0.4, 0.5) is 5.82 Å². The van der Waals surface area contributed by atoms with Gasteiger partial charge in [-0.1, -0.05) is 0 Å². The van der Waals surface area contributed by atoms with E-state index in [-0.39, 0.29) is 0 Å². The largest absolute Gasteiger partial charge is 0.370 e. The van der Waals surface area contributed by atoms with Crippen LogP contribution < -0.4 is 16.4 Å². The van der Waals surface area contributed by atoms with E-state index in [1.54, 1.807) is 11.6 Å². The minimum Gasteiger partial charge on any atom is -0.370 e. The molecule has 1 fully saturated rings. The Morgan fingerprint density at radius 3 is 3.06 bits per heavy atom. The number of hydrogen-bond donors (Lipinski definition) is 3. The van der Waals surface area contributed by atoms with Gasteiger partial charge in [0, 0.05) is 19.6 Å². The van der Waals surface area contributed by atoms with E-state index in [1.807, 2.05) is 7.05 Å². The molecule has 0 aliphatic carbocycles. The van der Waals surface area contributed by atoms with Gasteiger partial charge < -0.3 is 16.4 Å². The minimum absolute atomic E-state index is 0.429. The fraction of sp³-hybridized carbons (Fsp3) is 0.667. The fourth-order valence-corrected chi connectivity index (χ4v) is 2.52. The Balaban J connectivity index is 1.97. The van der Waals surface area contributed by atoms with Crippen molar-refractivity contribution in [3.05, 3.63) is 11.3 Å². The quantitative estimate of drug-likeness (QED) is 0.706. The molecule has 0 bridgehead atoms. The number of carbonyl (C=O) groups is 1. The summed E-state index contributed by atoms with van der Waals surface area (Å²) in [6, 6.07) is 0.587. The molecule has 1 saturated heterocycles. The molecule has 2 rings (SSSR count). The van der Waals surface area contributed by atoms with E-state index in [1.165, 1.54) is 12.8 Å². The van der Waals surface area contributed by atoms with Gasteiger partial charge in [-0.05, 0) is 32.7 Å². The Morgan fingerprint density at radius 2 is 2.44 bits per heavy atom. The predicted octanol–water partition coefficient (Wildman–Crippen LogP) is 0.381. The third kappa shape index (κ3) is 2.64. The second kappa shape index (κ2) is 5.39. The zero-order chi connectivity index (χ0) is 13.1. The van der Waals surface area contributed by atoms with Crippen LogP contribution in [0.1, 0.15) is 35.3 Å². The van der Waals surface area contributed by atoms with E-state index in [0.29, 0.717) is 17.3 Å². The van der Waals surface area contributed by atoms with Crippen molar-refractivity contribution in [3.63, 3.8) is 0 Å². The number of nitrogens with one attached hydrogen (secondary N) is 2. The van der Waals surface area contributed by atoms with Crippen LogP contribution in [0.3, 0.4) is 0 Å². The van der Waals surface area contributed by atoms with Crippen LogP contribution in [0.15, 0.2) is 0 Å². The van der Waals surface area contributed by atoms with Crippen LogP contribution in [0, 0.1) is 6.92 Å². The molecule has 4 N–H and O–H groups in total. The molecule has 0 saturated carbocycles. The molecule has 0 radical (unpaired) electrons. The molecule has 2 heterocycles.